The van der Waals surface area contributed by atoms with E-state index in [0.717, 1.165) is 18.4 Å². The molecule has 3 aromatic rings. The quantitative estimate of drug-likeness (QED) is 0.149. The first-order chi connectivity index (χ1) is 18.4. The van der Waals surface area contributed by atoms with Crippen molar-refractivity contribution in [2.24, 2.45) is 0 Å². The molecule has 0 saturated carbocycles. The van der Waals surface area contributed by atoms with E-state index in [-0.39, 0.29) is 29.4 Å². The molecule has 4 rings (SSSR count). The van der Waals surface area contributed by atoms with Gasteiger partial charge in [0.1, 0.15) is 11.5 Å². The minimum atomic E-state index is -0.858. The molecule has 198 valence electrons. The second-order valence-electron chi connectivity index (χ2n) is 9.12. The van der Waals surface area contributed by atoms with Crippen LogP contribution in [-0.2, 0) is 16.0 Å². The second kappa shape index (κ2) is 12.3. The van der Waals surface area contributed by atoms with E-state index in [4.69, 9.17) is 9.47 Å². The molecule has 1 fully saturated rings. The van der Waals surface area contributed by atoms with Crippen molar-refractivity contribution in [3.8, 4) is 17.2 Å². The lowest BCUT2D eigenvalue weighted by molar-refractivity contribution is -0.139. The Morgan fingerprint density at radius 1 is 0.947 bits per heavy atom. The molecule has 1 saturated heterocycles. The summed E-state index contributed by atoms with van der Waals surface area (Å²) in [5.41, 5.74) is 1.94. The Morgan fingerprint density at radius 3 is 2.47 bits per heavy atom. The van der Waals surface area contributed by atoms with Gasteiger partial charge in [0, 0.05) is 12.1 Å². The number of rotatable bonds is 11. The highest BCUT2D eigenvalue weighted by molar-refractivity contribution is 6.46. The number of ketones is 1. The van der Waals surface area contributed by atoms with Crippen LogP contribution in [0.1, 0.15) is 49.4 Å². The van der Waals surface area contributed by atoms with E-state index in [1.807, 2.05) is 30.3 Å². The number of carbonyl (C=O) groups is 2. The molecular weight excluding hydrogens is 482 g/mol. The maximum absolute atomic E-state index is 13.4. The van der Waals surface area contributed by atoms with E-state index >= 15 is 0 Å². The number of benzene rings is 3. The van der Waals surface area contributed by atoms with E-state index in [1.165, 1.54) is 11.0 Å². The first-order valence-electron chi connectivity index (χ1n) is 13.0. The molecular formula is C31H33NO6. The first-order valence-corrected chi connectivity index (χ1v) is 13.0. The van der Waals surface area contributed by atoms with Gasteiger partial charge in [-0.2, -0.15) is 0 Å². The number of carbonyl (C=O) groups excluding carboxylic acids is 2. The normalized spacial score (nSPS) is 16.6. The SMILES string of the molecule is CCCCOc1cccc(/C(O)=C2\C(=O)C(=O)N(CCc3ccccc3)C2c2ccc(O)c(OCC)c2)c1. The Kier molecular flexibility index (Phi) is 8.69. The van der Waals surface area contributed by atoms with Crippen molar-refractivity contribution in [3.63, 3.8) is 0 Å². The molecule has 1 heterocycles. The summed E-state index contributed by atoms with van der Waals surface area (Å²) in [6, 6.07) is 20.4. The summed E-state index contributed by atoms with van der Waals surface area (Å²) >= 11 is 0. The average Bonchev–Trinajstić information content (AvgIpc) is 3.18. The van der Waals surface area contributed by atoms with Crippen molar-refractivity contribution < 1.29 is 29.3 Å². The zero-order chi connectivity index (χ0) is 27.1. The van der Waals surface area contributed by atoms with Gasteiger partial charge in [0.2, 0.25) is 0 Å². The average molecular weight is 516 g/mol. The fourth-order valence-electron chi connectivity index (χ4n) is 4.55. The molecule has 1 aliphatic rings. The van der Waals surface area contributed by atoms with Crippen LogP contribution < -0.4 is 9.47 Å². The number of hydrogen-bond acceptors (Lipinski definition) is 6. The van der Waals surface area contributed by atoms with Crippen LogP contribution in [0.3, 0.4) is 0 Å². The number of aliphatic hydroxyl groups is 1. The van der Waals surface area contributed by atoms with Crippen molar-refractivity contribution in [1.29, 1.82) is 0 Å². The summed E-state index contributed by atoms with van der Waals surface area (Å²) in [5.74, 6) is -0.959. The van der Waals surface area contributed by atoms with Gasteiger partial charge in [-0.15, -0.1) is 0 Å². The van der Waals surface area contributed by atoms with Crippen LogP contribution >= 0.6 is 0 Å². The van der Waals surface area contributed by atoms with E-state index in [9.17, 15) is 19.8 Å². The molecule has 1 aliphatic heterocycles. The van der Waals surface area contributed by atoms with Crippen LogP contribution in [-0.4, -0.2) is 46.6 Å². The van der Waals surface area contributed by atoms with Crippen LogP contribution in [0.5, 0.6) is 17.2 Å². The highest BCUT2D eigenvalue weighted by Gasteiger charge is 2.46. The smallest absolute Gasteiger partial charge is 0.295 e. The molecule has 1 amide bonds. The summed E-state index contributed by atoms with van der Waals surface area (Å²) in [6.45, 7) is 5.01. The fraction of sp³-hybridized carbons (Fsp3) is 0.290. The minimum Gasteiger partial charge on any atom is -0.507 e. The number of hydrogen-bond donors (Lipinski definition) is 2. The lowest BCUT2D eigenvalue weighted by Crippen LogP contribution is -2.31. The molecule has 0 aromatic heterocycles. The van der Waals surface area contributed by atoms with Crippen LogP contribution in [0.25, 0.3) is 5.76 Å². The number of amides is 1. The summed E-state index contributed by atoms with van der Waals surface area (Å²) in [7, 11) is 0. The van der Waals surface area contributed by atoms with Crippen molar-refractivity contribution in [3.05, 3.63) is 95.1 Å². The molecule has 0 radical (unpaired) electrons. The zero-order valence-electron chi connectivity index (χ0n) is 21.7. The standard InChI is InChI=1S/C31H33NO6/c1-3-5-18-38-24-13-9-12-23(19-24)29(34)27-28(22-14-15-25(33)26(20-22)37-4-2)32(31(36)30(27)35)17-16-21-10-7-6-8-11-21/h6-15,19-20,28,33-34H,3-5,16-18H2,1-2H3/b29-27+. The Balaban J connectivity index is 1.77. The number of phenols is 1. The van der Waals surface area contributed by atoms with Crippen LogP contribution in [0.2, 0.25) is 0 Å². The van der Waals surface area contributed by atoms with Crippen molar-refractivity contribution >= 4 is 17.4 Å². The largest absolute Gasteiger partial charge is 0.507 e. The summed E-state index contributed by atoms with van der Waals surface area (Å²) in [4.78, 5) is 28.2. The second-order valence-corrected chi connectivity index (χ2v) is 9.12. The topological polar surface area (TPSA) is 96.3 Å². The third-order valence-electron chi connectivity index (χ3n) is 6.50. The summed E-state index contributed by atoms with van der Waals surface area (Å²) in [5, 5.41) is 21.7. The van der Waals surface area contributed by atoms with Gasteiger partial charge in [-0.3, -0.25) is 9.59 Å². The highest BCUT2D eigenvalue weighted by Crippen LogP contribution is 2.42. The monoisotopic (exact) mass is 515 g/mol. The number of unbranched alkanes of at least 4 members (excludes halogenated alkanes) is 1. The number of phenolic OH excluding ortho intramolecular Hbond substituents is 1. The van der Waals surface area contributed by atoms with Gasteiger partial charge in [0.25, 0.3) is 11.7 Å². The third-order valence-corrected chi connectivity index (χ3v) is 6.50. The molecule has 1 atom stereocenters. The summed E-state index contributed by atoms with van der Waals surface area (Å²) in [6.07, 6.45) is 2.41. The predicted octanol–water partition coefficient (Wildman–Crippen LogP) is 5.63. The van der Waals surface area contributed by atoms with Gasteiger partial charge < -0.3 is 24.6 Å². The molecule has 38 heavy (non-hydrogen) atoms. The Bertz CT molecular complexity index is 1320. The van der Waals surface area contributed by atoms with Crippen molar-refractivity contribution in [2.45, 2.75) is 39.2 Å². The molecule has 2 N–H and O–H groups in total. The number of aliphatic hydroxyl groups excluding tert-OH is 1. The molecule has 0 bridgehead atoms. The van der Waals surface area contributed by atoms with Gasteiger partial charge in [-0.05, 0) is 55.2 Å². The molecule has 0 spiro atoms. The molecule has 7 heteroatoms. The van der Waals surface area contributed by atoms with E-state index < -0.39 is 17.7 Å². The predicted molar refractivity (Wildman–Crippen MR) is 145 cm³/mol. The van der Waals surface area contributed by atoms with Crippen molar-refractivity contribution in [2.75, 3.05) is 19.8 Å². The fourth-order valence-corrected chi connectivity index (χ4v) is 4.55. The number of ether oxygens (including phenoxy) is 2. The van der Waals surface area contributed by atoms with Gasteiger partial charge >= 0.3 is 0 Å². The first kappa shape index (κ1) is 26.8. The van der Waals surface area contributed by atoms with Gasteiger partial charge in [0.05, 0.1) is 24.8 Å². The molecule has 7 nitrogen and oxygen atoms in total. The minimum absolute atomic E-state index is 0.0121. The number of likely N-dealkylation sites (tertiary alicyclic amines) is 1. The maximum Gasteiger partial charge on any atom is 0.295 e. The molecule has 1 unspecified atom stereocenters. The van der Waals surface area contributed by atoms with E-state index in [2.05, 4.69) is 6.92 Å². The number of Topliss-reactive ketones (excluding diaryl/α,β-unsaturated/α-hetero) is 1. The van der Waals surface area contributed by atoms with E-state index in [1.54, 1.807) is 43.3 Å². The lowest BCUT2D eigenvalue weighted by Gasteiger charge is -2.26. The number of nitrogens with zero attached hydrogens (tertiary/aromatic N) is 1. The van der Waals surface area contributed by atoms with Crippen LogP contribution in [0.4, 0.5) is 0 Å². The Morgan fingerprint density at radius 2 is 1.74 bits per heavy atom. The Labute approximate surface area is 222 Å². The third kappa shape index (κ3) is 5.83. The van der Waals surface area contributed by atoms with Crippen molar-refractivity contribution in [1.82, 2.24) is 4.90 Å². The highest BCUT2D eigenvalue weighted by atomic mass is 16.5. The maximum atomic E-state index is 13.4. The van der Waals surface area contributed by atoms with Gasteiger partial charge in [-0.25, -0.2) is 0 Å². The van der Waals surface area contributed by atoms with Crippen LogP contribution in [0.15, 0.2) is 78.4 Å². The molecule has 3 aromatic carbocycles. The zero-order valence-corrected chi connectivity index (χ0v) is 21.7. The summed E-state index contributed by atoms with van der Waals surface area (Å²) < 4.78 is 11.3. The lowest BCUT2D eigenvalue weighted by atomic mass is 9.94. The Hall–Kier alpha value is -4.26. The van der Waals surface area contributed by atoms with E-state index in [0.29, 0.717) is 36.5 Å². The molecule has 0 aliphatic carbocycles. The van der Waals surface area contributed by atoms with Gasteiger partial charge in [-0.1, -0.05) is 61.9 Å². The van der Waals surface area contributed by atoms with Gasteiger partial charge in [0.15, 0.2) is 11.5 Å². The van der Waals surface area contributed by atoms with Crippen LogP contribution in [0, 0.1) is 0 Å². The number of aromatic hydroxyl groups is 1.